The summed E-state index contributed by atoms with van der Waals surface area (Å²) >= 11 is 0. The lowest BCUT2D eigenvalue weighted by atomic mass is 10.0. The Morgan fingerprint density at radius 1 is 0.966 bits per heavy atom. The molecule has 1 N–H and O–H groups in total. The number of phenolic OH excluding ortho intramolecular Hbond substituents is 1. The van der Waals surface area contributed by atoms with Crippen LogP contribution in [0.15, 0.2) is 60.8 Å². The van der Waals surface area contributed by atoms with E-state index in [0.717, 1.165) is 29.1 Å². The zero-order valence-corrected chi connectivity index (χ0v) is 15.7. The predicted octanol–water partition coefficient (Wildman–Crippen LogP) is 5.71. The van der Waals surface area contributed by atoms with Crippen LogP contribution in [-0.4, -0.2) is 21.6 Å². The summed E-state index contributed by atoms with van der Waals surface area (Å²) in [6.45, 7) is 1.84. The third-order valence-corrected chi connectivity index (χ3v) is 4.77. The first-order valence-corrected chi connectivity index (χ1v) is 8.81. The Hall–Kier alpha value is -3.48. The van der Waals surface area contributed by atoms with Crippen LogP contribution in [0.1, 0.15) is 11.3 Å². The number of fused-ring (bicyclic) bond motifs is 1. The maximum atomic E-state index is 13.1. The molecule has 0 spiro atoms. The number of ether oxygens (including phenoxy) is 1. The fourth-order valence-electron chi connectivity index (χ4n) is 3.39. The van der Waals surface area contributed by atoms with Crippen molar-refractivity contribution in [3.63, 3.8) is 0 Å². The van der Waals surface area contributed by atoms with Crippen LogP contribution in [0.25, 0.3) is 28.0 Å². The molecule has 0 radical (unpaired) electrons. The molecule has 2 aromatic carbocycles. The lowest BCUT2D eigenvalue weighted by Gasteiger charge is -2.11. The highest BCUT2D eigenvalue weighted by Crippen LogP contribution is 2.35. The Morgan fingerprint density at radius 3 is 2.41 bits per heavy atom. The molecular formula is C22H17F3N2O2. The normalized spacial score (nSPS) is 11.8. The molecule has 4 nitrogen and oxygen atoms in total. The fraction of sp³-hybridized carbons (Fsp3) is 0.136. The highest BCUT2D eigenvalue weighted by atomic mass is 19.4. The van der Waals surface area contributed by atoms with E-state index in [2.05, 4.69) is 4.98 Å². The summed E-state index contributed by atoms with van der Waals surface area (Å²) in [5, 5.41) is 10.1. The van der Waals surface area contributed by atoms with Crippen molar-refractivity contribution in [1.82, 2.24) is 9.38 Å². The van der Waals surface area contributed by atoms with E-state index in [4.69, 9.17) is 4.74 Å². The number of hydrogen-bond donors (Lipinski definition) is 1. The minimum absolute atomic E-state index is 0.00613. The molecule has 0 amide bonds. The maximum Gasteiger partial charge on any atom is 0.416 e. The summed E-state index contributed by atoms with van der Waals surface area (Å²) < 4.78 is 46.1. The van der Waals surface area contributed by atoms with Crippen LogP contribution >= 0.6 is 0 Å². The standard InChI is InChI=1S/C22H17F3N2O2/c1-13-21(15-6-8-19(29-2)18(28)11-15)27-12-16(7-9-20(27)26-13)14-4-3-5-17(10-14)22(23,24)25/h3-12,28H,1-2H3. The van der Waals surface area contributed by atoms with Gasteiger partial charge in [0.2, 0.25) is 0 Å². The third kappa shape index (κ3) is 3.40. The molecule has 0 unspecified atom stereocenters. The summed E-state index contributed by atoms with van der Waals surface area (Å²) in [6, 6.07) is 13.7. The number of benzene rings is 2. The second kappa shape index (κ2) is 6.84. The van der Waals surface area contributed by atoms with E-state index in [0.29, 0.717) is 22.5 Å². The van der Waals surface area contributed by atoms with Crippen molar-refractivity contribution in [2.75, 3.05) is 7.11 Å². The van der Waals surface area contributed by atoms with Crippen LogP contribution in [0.3, 0.4) is 0 Å². The lowest BCUT2D eigenvalue weighted by molar-refractivity contribution is -0.137. The Bertz CT molecular complexity index is 1210. The molecule has 7 heteroatoms. The molecule has 0 aliphatic heterocycles. The van der Waals surface area contributed by atoms with E-state index in [9.17, 15) is 18.3 Å². The van der Waals surface area contributed by atoms with Crippen LogP contribution in [0, 0.1) is 6.92 Å². The Kier molecular flexibility index (Phi) is 4.45. The number of methoxy groups -OCH3 is 1. The monoisotopic (exact) mass is 398 g/mol. The molecule has 4 aromatic rings. The van der Waals surface area contributed by atoms with Crippen molar-refractivity contribution in [1.29, 1.82) is 0 Å². The number of halogens is 3. The minimum atomic E-state index is -4.41. The highest BCUT2D eigenvalue weighted by molar-refractivity contribution is 5.73. The van der Waals surface area contributed by atoms with Crippen molar-refractivity contribution < 1.29 is 23.0 Å². The van der Waals surface area contributed by atoms with Crippen molar-refractivity contribution in [2.45, 2.75) is 13.1 Å². The van der Waals surface area contributed by atoms with Gasteiger partial charge in [-0.25, -0.2) is 4.98 Å². The molecular weight excluding hydrogens is 381 g/mol. The van der Waals surface area contributed by atoms with Gasteiger partial charge in [-0.05, 0) is 60.5 Å². The molecule has 0 fully saturated rings. The zero-order chi connectivity index (χ0) is 20.8. The molecule has 0 bridgehead atoms. The number of alkyl halides is 3. The van der Waals surface area contributed by atoms with E-state index in [-0.39, 0.29) is 5.75 Å². The molecule has 0 saturated carbocycles. The summed E-state index contributed by atoms with van der Waals surface area (Å²) in [5.74, 6) is 0.346. The highest BCUT2D eigenvalue weighted by Gasteiger charge is 2.30. The lowest BCUT2D eigenvalue weighted by Crippen LogP contribution is -2.04. The van der Waals surface area contributed by atoms with Gasteiger partial charge < -0.3 is 9.84 Å². The van der Waals surface area contributed by atoms with Gasteiger partial charge in [-0.1, -0.05) is 12.1 Å². The van der Waals surface area contributed by atoms with Crippen LogP contribution in [-0.2, 0) is 6.18 Å². The molecule has 29 heavy (non-hydrogen) atoms. The van der Waals surface area contributed by atoms with Gasteiger partial charge in [0.15, 0.2) is 11.5 Å². The number of imidazole rings is 1. The van der Waals surface area contributed by atoms with E-state index in [1.54, 1.807) is 42.6 Å². The van der Waals surface area contributed by atoms with Crippen molar-refractivity contribution >= 4 is 5.65 Å². The van der Waals surface area contributed by atoms with Crippen LogP contribution in [0.4, 0.5) is 13.2 Å². The zero-order valence-electron chi connectivity index (χ0n) is 15.7. The first kappa shape index (κ1) is 18.9. The summed E-state index contributed by atoms with van der Waals surface area (Å²) in [4.78, 5) is 4.52. The van der Waals surface area contributed by atoms with Crippen molar-refractivity contribution in [2.24, 2.45) is 0 Å². The van der Waals surface area contributed by atoms with Gasteiger partial charge in [-0.3, -0.25) is 4.40 Å². The average Bonchev–Trinajstić information content (AvgIpc) is 3.02. The number of rotatable bonds is 3. The minimum Gasteiger partial charge on any atom is -0.504 e. The molecule has 148 valence electrons. The smallest absolute Gasteiger partial charge is 0.416 e. The molecule has 0 aliphatic rings. The summed E-state index contributed by atoms with van der Waals surface area (Å²) in [5.41, 5.74) is 3.23. The third-order valence-electron chi connectivity index (χ3n) is 4.77. The number of phenols is 1. The predicted molar refractivity (Wildman–Crippen MR) is 104 cm³/mol. The number of aromatic hydroxyl groups is 1. The van der Waals surface area contributed by atoms with Gasteiger partial charge in [0, 0.05) is 11.8 Å². The Labute approximate surface area is 164 Å². The maximum absolute atomic E-state index is 13.1. The SMILES string of the molecule is COc1ccc(-c2c(C)nc3ccc(-c4cccc(C(F)(F)F)c4)cn23)cc1O. The first-order valence-electron chi connectivity index (χ1n) is 8.81. The Morgan fingerprint density at radius 2 is 1.72 bits per heavy atom. The Balaban J connectivity index is 1.87. The van der Waals surface area contributed by atoms with E-state index >= 15 is 0 Å². The molecule has 2 heterocycles. The fourth-order valence-corrected chi connectivity index (χ4v) is 3.39. The number of pyridine rings is 1. The molecule has 0 atom stereocenters. The molecule has 0 saturated heterocycles. The summed E-state index contributed by atoms with van der Waals surface area (Å²) in [7, 11) is 1.47. The number of hydrogen-bond acceptors (Lipinski definition) is 3. The van der Waals surface area contributed by atoms with Crippen molar-refractivity contribution in [3.8, 4) is 33.9 Å². The van der Waals surface area contributed by atoms with Gasteiger partial charge in [0.25, 0.3) is 0 Å². The van der Waals surface area contributed by atoms with Gasteiger partial charge in [-0.15, -0.1) is 0 Å². The largest absolute Gasteiger partial charge is 0.504 e. The van der Waals surface area contributed by atoms with E-state index < -0.39 is 11.7 Å². The second-order valence-electron chi connectivity index (χ2n) is 6.66. The molecule has 0 aliphatic carbocycles. The number of nitrogens with zero attached hydrogens (tertiary/aromatic N) is 2. The second-order valence-corrected chi connectivity index (χ2v) is 6.66. The van der Waals surface area contributed by atoms with Crippen LogP contribution in [0.5, 0.6) is 11.5 Å². The molecule has 4 rings (SSSR count). The van der Waals surface area contributed by atoms with Crippen LogP contribution < -0.4 is 4.74 Å². The van der Waals surface area contributed by atoms with Crippen LogP contribution in [0.2, 0.25) is 0 Å². The number of aryl methyl sites for hydroxylation is 1. The first-order chi connectivity index (χ1) is 13.8. The van der Waals surface area contributed by atoms with E-state index in [1.807, 2.05) is 11.3 Å². The van der Waals surface area contributed by atoms with Gasteiger partial charge in [0.05, 0.1) is 24.1 Å². The van der Waals surface area contributed by atoms with Crippen molar-refractivity contribution in [3.05, 3.63) is 72.1 Å². The van der Waals surface area contributed by atoms with Gasteiger partial charge in [0.1, 0.15) is 5.65 Å². The topological polar surface area (TPSA) is 46.8 Å². The van der Waals surface area contributed by atoms with Gasteiger partial charge >= 0.3 is 6.18 Å². The van der Waals surface area contributed by atoms with Gasteiger partial charge in [-0.2, -0.15) is 13.2 Å². The average molecular weight is 398 g/mol. The molecule has 2 aromatic heterocycles. The quantitative estimate of drug-likeness (QED) is 0.481. The van der Waals surface area contributed by atoms with E-state index in [1.165, 1.54) is 13.2 Å². The summed E-state index contributed by atoms with van der Waals surface area (Å²) in [6.07, 6.45) is -2.65. The number of aromatic nitrogens is 2.